The molecule has 1 saturated carbocycles. The Morgan fingerprint density at radius 1 is 1.07 bits per heavy atom. The number of carbonyl (C=O) groups is 3. The number of carbonyl (C=O) groups excluding carboxylic acids is 3. The first-order valence-electron chi connectivity index (χ1n) is 10.4. The van der Waals surface area contributed by atoms with Crippen molar-refractivity contribution in [3.8, 4) is 5.82 Å². The minimum atomic E-state index is -0.643. The van der Waals surface area contributed by atoms with Gasteiger partial charge in [-0.2, -0.15) is 0 Å². The van der Waals surface area contributed by atoms with Gasteiger partial charge in [0.05, 0.1) is 0 Å². The lowest BCUT2D eigenvalue weighted by molar-refractivity contribution is -0.132. The van der Waals surface area contributed by atoms with E-state index in [0.717, 1.165) is 60.4 Å². The summed E-state index contributed by atoms with van der Waals surface area (Å²) < 4.78 is 1.99. The normalized spacial score (nSPS) is 19.5. The molecule has 0 radical (unpaired) electrons. The van der Waals surface area contributed by atoms with Gasteiger partial charge in [0, 0.05) is 23.6 Å². The van der Waals surface area contributed by atoms with Gasteiger partial charge in [-0.1, -0.05) is 25.3 Å². The minimum absolute atomic E-state index is 0.00251. The smallest absolute Gasteiger partial charge is 0.303 e. The van der Waals surface area contributed by atoms with Gasteiger partial charge in [-0.25, -0.2) is 9.78 Å². The number of nitrogens with one attached hydrogen (secondary N) is 1. The highest BCUT2D eigenvalue weighted by atomic mass is 16.2. The molecule has 0 atom stereocenters. The van der Waals surface area contributed by atoms with Gasteiger partial charge in [0.1, 0.15) is 11.4 Å². The van der Waals surface area contributed by atoms with Crippen LogP contribution in [0.4, 0.5) is 4.79 Å². The van der Waals surface area contributed by atoms with Gasteiger partial charge in [-0.3, -0.25) is 19.8 Å². The molecule has 0 unspecified atom stereocenters. The molecule has 7 heteroatoms. The number of barbiturate groups is 1. The molecule has 1 N–H and O–H groups in total. The van der Waals surface area contributed by atoms with E-state index in [1.165, 1.54) is 4.90 Å². The Hall–Kier alpha value is -3.22. The number of hydrogen-bond acceptors (Lipinski definition) is 4. The highest BCUT2D eigenvalue weighted by Gasteiger charge is 2.40. The lowest BCUT2D eigenvalue weighted by atomic mass is 9.93. The van der Waals surface area contributed by atoms with Gasteiger partial charge in [0.25, 0.3) is 11.8 Å². The van der Waals surface area contributed by atoms with Crippen LogP contribution in [0.2, 0.25) is 0 Å². The van der Waals surface area contributed by atoms with Crippen LogP contribution >= 0.6 is 0 Å². The molecule has 2 aromatic rings. The van der Waals surface area contributed by atoms with E-state index in [0.29, 0.717) is 0 Å². The number of amides is 4. The first-order chi connectivity index (χ1) is 14.4. The zero-order valence-electron chi connectivity index (χ0n) is 17.6. The first-order valence-corrected chi connectivity index (χ1v) is 10.4. The molecule has 1 saturated heterocycles. The van der Waals surface area contributed by atoms with Crippen LogP contribution < -0.4 is 5.32 Å². The summed E-state index contributed by atoms with van der Waals surface area (Å²) in [5, 5.41) is 2.35. The molecule has 2 fully saturated rings. The number of rotatable bonds is 3. The lowest BCUT2D eigenvalue weighted by Crippen LogP contribution is -2.58. The molecule has 0 aromatic carbocycles. The predicted molar refractivity (Wildman–Crippen MR) is 113 cm³/mol. The molecule has 4 amide bonds. The summed E-state index contributed by atoms with van der Waals surface area (Å²) >= 11 is 0. The third kappa shape index (κ3) is 3.56. The molecule has 1 aliphatic carbocycles. The van der Waals surface area contributed by atoms with Gasteiger partial charge in [-0.05, 0) is 62.9 Å². The van der Waals surface area contributed by atoms with Crippen molar-refractivity contribution in [3.63, 3.8) is 0 Å². The van der Waals surface area contributed by atoms with Crippen LogP contribution in [0.1, 0.15) is 54.6 Å². The summed E-state index contributed by atoms with van der Waals surface area (Å²) in [6.45, 7) is 5.86. The van der Waals surface area contributed by atoms with E-state index in [-0.39, 0.29) is 11.6 Å². The third-order valence-corrected chi connectivity index (χ3v) is 5.97. The topological polar surface area (TPSA) is 84.3 Å². The number of imide groups is 2. The maximum absolute atomic E-state index is 13.1. The highest BCUT2D eigenvalue weighted by Crippen LogP contribution is 2.28. The minimum Gasteiger partial charge on any atom is -0.303 e. The number of nitrogens with zero attached hydrogens (tertiary/aromatic N) is 3. The largest absolute Gasteiger partial charge is 0.331 e. The molecular formula is C23H26N4O3. The summed E-state index contributed by atoms with van der Waals surface area (Å²) in [5.74, 6) is -0.372. The number of aryl methyl sites for hydroxylation is 2. The second-order valence-corrected chi connectivity index (χ2v) is 8.14. The summed E-state index contributed by atoms with van der Waals surface area (Å²) in [7, 11) is 0. The average Bonchev–Trinajstić information content (AvgIpc) is 3.00. The van der Waals surface area contributed by atoms with E-state index in [9.17, 15) is 14.4 Å². The second-order valence-electron chi connectivity index (χ2n) is 8.14. The van der Waals surface area contributed by atoms with Crippen LogP contribution in [0.25, 0.3) is 11.9 Å². The maximum atomic E-state index is 13.1. The van der Waals surface area contributed by atoms with E-state index in [2.05, 4.69) is 10.3 Å². The molecule has 156 valence electrons. The van der Waals surface area contributed by atoms with Gasteiger partial charge < -0.3 is 4.57 Å². The molecular weight excluding hydrogens is 380 g/mol. The van der Waals surface area contributed by atoms with Gasteiger partial charge in [0.2, 0.25) is 0 Å². The Bertz CT molecular complexity index is 1040. The van der Waals surface area contributed by atoms with Crippen molar-refractivity contribution in [1.29, 1.82) is 0 Å². The molecule has 2 aromatic heterocycles. The zero-order valence-corrected chi connectivity index (χ0v) is 17.6. The van der Waals surface area contributed by atoms with Crippen LogP contribution in [0, 0.1) is 20.8 Å². The van der Waals surface area contributed by atoms with Crippen molar-refractivity contribution in [3.05, 3.63) is 52.5 Å². The maximum Gasteiger partial charge on any atom is 0.331 e. The van der Waals surface area contributed by atoms with Crippen molar-refractivity contribution < 1.29 is 14.4 Å². The number of aromatic nitrogens is 2. The Labute approximate surface area is 175 Å². The molecule has 7 nitrogen and oxygen atoms in total. The van der Waals surface area contributed by atoms with Crippen LogP contribution in [0.15, 0.2) is 30.0 Å². The Balaban J connectivity index is 1.70. The standard InChI is InChI=1S/C23H26N4O3/c1-14-9-10-20(24-13-14)26-15(2)11-17(16(26)3)12-19-21(28)25-23(30)27(22(19)29)18-7-5-4-6-8-18/h9-13,18H,4-8H2,1-3H3,(H,25,28,30). The van der Waals surface area contributed by atoms with E-state index in [1.807, 2.05) is 43.5 Å². The van der Waals surface area contributed by atoms with Crippen LogP contribution in [-0.2, 0) is 9.59 Å². The Morgan fingerprint density at radius 2 is 1.80 bits per heavy atom. The lowest BCUT2D eigenvalue weighted by Gasteiger charge is -2.35. The Morgan fingerprint density at radius 3 is 2.47 bits per heavy atom. The molecule has 1 aliphatic heterocycles. The van der Waals surface area contributed by atoms with Crippen LogP contribution in [0.3, 0.4) is 0 Å². The summed E-state index contributed by atoms with van der Waals surface area (Å²) in [6.07, 6.45) is 8.05. The number of hydrogen-bond donors (Lipinski definition) is 1. The van der Waals surface area contributed by atoms with E-state index in [1.54, 1.807) is 12.3 Å². The van der Waals surface area contributed by atoms with Gasteiger partial charge >= 0.3 is 6.03 Å². The highest BCUT2D eigenvalue weighted by molar-refractivity contribution is 6.31. The van der Waals surface area contributed by atoms with Gasteiger partial charge in [-0.15, -0.1) is 0 Å². The summed E-state index contributed by atoms with van der Waals surface area (Å²) in [4.78, 5) is 43.7. The van der Waals surface area contributed by atoms with Crippen molar-refractivity contribution in [2.24, 2.45) is 0 Å². The molecule has 2 aliphatic rings. The SMILES string of the molecule is Cc1ccc(-n2c(C)cc(C=C3C(=O)NC(=O)N(C4CCCCC4)C3=O)c2C)nc1. The number of urea groups is 1. The molecule has 4 rings (SSSR count). The fourth-order valence-electron chi connectivity index (χ4n) is 4.38. The second kappa shape index (κ2) is 7.89. The molecule has 3 heterocycles. The van der Waals surface area contributed by atoms with Crippen molar-refractivity contribution in [2.75, 3.05) is 0 Å². The molecule has 30 heavy (non-hydrogen) atoms. The summed E-state index contributed by atoms with van der Waals surface area (Å²) in [6, 6.07) is 5.10. The Kier molecular flexibility index (Phi) is 5.28. The van der Waals surface area contributed by atoms with Crippen molar-refractivity contribution >= 4 is 23.9 Å². The molecule has 0 spiro atoms. The first kappa shape index (κ1) is 20.1. The zero-order chi connectivity index (χ0) is 21.4. The van der Waals surface area contributed by atoms with E-state index in [4.69, 9.17) is 0 Å². The van der Waals surface area contributed by atoms with E-state index < -0.39 is 17.8 Å². The predicted octanol–water partition coefficient (Wildman–Crippen LogP) is 3.59. The summed E-state index contributed by atoms with van der Waals surface area (Å²) in [5.41, 5.74) is 3.64. The van der Waals surface area contributed by atoms with Crippen LogP contribution in [0.5, 0.6) is 0 Å². The van der Waals surface area contributed by atoms with Crippen LogP contribution in [-0.4, -0.2) is 38.3 Å². The molecule has 0 bridgehead atoms. The fourth-order valence-corrected chi connectivity index (χ4v) is 4.38. The van der Waals surface area contributed by atoms with Gasteiger partial charge in [0.15, 0.2) is 0 Å². The number of pyridine rings is 1. The fraction of sp³-hybridized carbons (Fsp3) is 0.391. The average molecular weight is 406 g/mol. The van der Waals surface area contributed by atoms with Crippen molar-refractivity contribution in [1.82, 2.24) is 19.8 Å². The van der Waals surface area contributed by atoms with E-state index >= 15 is 0 Å². The third-order valence-electron chi connectivity index (χ3n) is 5.97. The van der Waals surface area contributed by atoms with Crippen molar-refractivity contribution in [2.45, 2.75) is 58.9 Å². The quantitative estimate of drug-likeness (QED) is 0.624. The monoisotopic (exact) mass is 406 g/mol.